The number of para-hydroxylation sites is 1. The van der Waals surface area contributed by atoms with E-state index in [-0.39, 0.29) is 5.60 Å². The molecule has 0 radical (unpaired) electrons. The fourth-order valence-corrected chi connectivity index (χ4v) is 3.51. The van der Waals surface area contributed by atoms with Gasteiger partial charge in [-0.2, -0.15) is 0 Å². The molecule has 0 amide bonds. The molecule has 2 heterocycles. The third-order valence-corrected chi connectivity index (χ3v) is 4.90. The van der Waals surface area contributed by atoms with E-state index in [0.717, 1.165) is 64.3 Å². The quantitative estimate of drug-likeness (QED) is 0.847. The molecule has 0 aromatic heterocycles. The molecule has 4 heteroatoms. The van der Waals surface area contributed by atoms with Crippen LogP contribution in [0.4, 0.5) is 0 Å². The topological polar surface area (TPSA) is 33.7 Å². The zero-order valence-corrected chi connectivity index (χ0v) is 14.5. The lowest BCUT2D eigenvalue weighted by atomic mass is 9.91. The Hall–Kier alpha value is -1.10. The molecule has 1 aromatic carbocycles. The Morgan fingerprint density at radius 1 is 1.26 bits per heavy atom. The maximum atomic E-state index is 6.48. The van der Waals surface area contributed by atoms with E-state index >= 15 is 0 Å². The summed E-state index contributed by atoms with van der Waals surface area (Å²) in [6.45, 7) is 10.3. The molecular formula is C19H30N2O2. The molecule has 1 aromatic rings. The second kappa shape index (κ2) is 7.65. The van der Waals surface area contributed by atoms with Crippen molar-refractivity contribution >= 4 is 0 Å². The van der Waals surface area contributed by atoms with Gasteiger partial charge in [0.05, 0.1) is 6.10 Å². The lowest BCUT2D eigenvalue weighted by molar-refractivity contribution is 0.00201. The van der Waals surface area contributed by atoms with Crippen LogP contribution in [0.15, 0.2) is 24.3 Å². The average Bonchev–Trinajstić information content (AvgIpc) is 2.72. The van der Waals surface area contributed by atoms with Gasteiger partial charge in [-0.3, -0.25) is 0 Å². The van der Waals surface area contributed by atoms with Gasteiger partial charge >= 0.3 is 0 Å². The Morgan fingerprint density at radius 2 is 2.04 bits per heavy atom. The molecule has 0 aliphatic carbocycles. The van der Waals surface area contributed by atoms with E-state index in [1.54, 1.807) is 0 Å². The van der Waals surface area contributed by atoms with Crippen molar-refractivity contribution in [3.05, 3.63) is 29.8 Å². The minimum absolute atomic E-state index is 0.0302. The number of likely N-dealkylation sites (tertiary alicyclic amines) is 1. The second-order valence-electron chi connectivity index (χ2n) is 7.11. The molecule has 0 saturated carbocycles. The van der Waals surface area contributed by atoms with Crippen molar-refractivity contribution in [1.29, 1.82) is 0 Å². The molecule has 3 rings (SSSR count). The summed E-state index contributed by atoms with van der Waals surface area (Å²) in [5, 5.41) is 3.58. The van der Waals surface area contributed by atoms with Crippen LogP contribution in [0, 0.1) is 0 Å². The summed E-state index contributed by atoms with van der Waals surface area (Å²) in [6, 6.07) is 8.43. The smallest absolute Gasteiger partial charge is 0.124 e. The summed E-state index contributed by atoms with van der Waals surface area (Å²) in [5.74, 6) is 1.07. The van der Waals surface area contributed by atoms with Crippen LogP contribution >= 0.6 is 0 Å². The minimum Gasteiger partial charge on any atom is -0.486 e. The van der Waals surface area contributed by atoms with Gasteiger partial charge in [-0.1, -0.05) is 18.2 Å². The van der Waals surface area contributed by atoms with Gasteiger partial charge in [0, 0.05) is 57.7 Å². The van der Waals surface area contributed by atoms with E-state index in [2.05, 4.69) is 48.3 Å². The van der Waals surface area contributed by atoms with Crippen LogP contribution in [0.1, 0.15) is 38.7 Å². The highest BCUT2D eigenvalue weighted by Crippen LogP contribution is 2.32. The third-order valence-electron chi connectivity index (χ3n) is 4.90. The number of hydrogen-bond acceptors (Lipinski definition) is 4. The summed E-state index contributed by atoms with van der Waals surface area (Å²) in [6.07, 6.45) is 3.65. The number of ether oxygens (including phenoxy) is 2. The van der Waals surface area contributed by atoms with Crippen LogP contribution < -0.4 is 10.1 Å². The summed E-state index contributed by atoms with van der Waals surface area (Å²) in [4.78, 5) is 2.55. The van der Waals surface area contributed by atoms with Crippen LogP contribution in [-0.4, -0.2) is 49.4 Å². The molecule has 2 aliphatic rings. The van der Waals surface area contributed by atoms with Crippen LogP contribution in [-0.2, 0) is 11.3 Å². The summed E-state index contributed by atoms with van der Waals surface area (Å²) < 4.78 is 12.1. The number of hydrogen-bond donors (Lipinski definition) is 1. The van der Waals surface area contributed by atoms with Gasteiger partial charge in [0.1, 0.15) is 11.4 Å². The van der Waals surface area contributed by atoms with Crippen LogP contribution in [0.5, 0.6) is 5.75 Å². The van der Waals surface area contributed by atoms with Gasteiger partial charge in [0.2, 0.25) is 0 Å². The first-order chi connectivity index (χ1) is 11.2. The van der Waals surface area contributed by atoms with Crippen LogP contribution in [0.3, 0.4) is 0 Å². The van der Waals surface area contributed by atoms with Gasteiger partial charge in [0.15, 0.2) is 0 Å². The number of benzene rings is 1. The van der Waals surface area contributed by atoms with Crippen molar-refractivity contribution in [1.82, 2.24) is 10.2 Å². The van der Waals surface area contributed by atoms with Crippen molar-refractivity contribution < 1.29 is 9.47 Å². The normalized spacial score (nSPS) is 21.0. The SMILES string of the molecule is CC(C)OCCCN1CCC2(CC1)CNCc1ccccc1O2. The Balaban J connectivity index is 1.50. The van der Waals surface area contributed by atoms with Crippen molar-refractivity contribution in [2.45, 2.75) is 51.4 Å². The third kappa shape index (κ3) is 4.46. The zero-order valence-electron chi connectivity index (χ0n) is 14.5. The molecule has 0 atom stereocenters. The lowest BCUT2D eigenvalue weighted by Gasteiger charge is -2.41. The van der Waals surface area contributed by atoms with Crippen molar-refractivity contribution in [2.24, 2.45) is 0 Å². The van der Waals surface area contributed by atoms with E-state index in [1.165, 1.54) is 5.56 Å². The van der Waals surface area contributed by atoms with Crippen molar-refractivity contribution in [3.63, 3.8) is 0 Å². The molecule has 1 spiro atoms. The maximum Gasteiger partial charge on any atom is 0.124 e. The zero-order chi connectivity index (χ0) is 16.1. The number of rotatable bonds is 5. The molecule has 1 N–H and O–H groups in total. The van der Waals surface area contributed by atoms with Crippen molar-refractivity contribution in [2.75, 3.05) is 32.8 Å². The Morgan fingerprint density at radius 3 is 2.83 bits per heavy atom. The maximum absolute atomic E-state index is 6.48. The first-order valence-electron chi connectivity index (χ1n) is 8.98. The Kier molecular flexibility index (Phi) is 5.57. The largest absolute Gasteiger partial charge is 0.486 e. The molecule has 1 fully saturated rings. The number of nitrogens with zero attached hydrogens (tertiary/aromatic N) is 1. The highest BCUT2D eigenvalue weighted by molar-refractivity contribution is 5.34. The van der Waals surface area contributed by atoms with Crippen LogP contribution in [0.25, 0.3) is 0 Å². The van der Waals surface area contributed by atoms with E-state index in [0.29, 0.717) is 6.10 Å². The van der Waals surface area contributed by atoms with Crippen LogP contribution in [0.2, 0.25) is 0 Å². The van der Waals surface area contributed by atoms with Gasteiger partial charge < -0.3 is 19.7 Å². The van der Waals surface area contributed by atoms with Gasteiger partial charge in [0.25, 0.3) is 0 Å². The Labute approximate surface area is 140 Å². The average molecular weight is 318 g/mol. The minimum atomic E-state index is -0.0302. The summed E-state index contributed by atoms with van der Waals surface area (Å²) in [5.41, 5.74) is 1.25. The van der Waals surface area contributed by atoms with Gasteiger partial charge in [-0.25, -0.2) is 0 Å². The van der Waals surface area contributed by atoms with E-state index in [1.807, 2.05) is 0 Å². The molecule has 0 bridgehead atoms. The first kappa shape index (κ1) is 16.7. The molecule has 128 valence electrons. The predicted molar refractivity (Wildman–Crippen MR) is 92.9 cm³/mol. The predicted octanol–water partition coefficient (Wildman–Crippen LogP) is 2.82. The van der Waals surface area contributed by atoms with E-state index in [9.17, 15) is 0 Å². The molecule has 1 saturated heterocycles. The molecule has 2 aliphatic heterocycles. The molecular weight excluding hydrogens is 288 g/mol. The van der Waals surface area contributed by atoms with E-state index in [4.69, 9.17) is 9.47 Å². The lowest BCUT2D eigenvalue weighted by Crippen LogP contribution is -2.52. The molecule has 4 nitrogen and oxygen atoms in total. The Bertz CT molecular complexity index is 496. The number of fused-ring (bicyclic) bond motifs is 1. The number of piperidine rings is 1. The van der Waals surface area contributed by atoms with Gasteiger partial charge in [-0.05, 0) is 26.3 Å². The summed E-state index contributed by atoms with van der Waals surface area (Å²) >= 11 is 0. The highest BCUT2D eigenvalue weighted by Gasteiger charge is 2.38. The first-order valence-corrected chi connectivity index (χ1v) is 8.98. The fourth-order valence-electron chi connectivity index (χ4n) is 3.51. The van der Waals surface area contributed by atoms with Gasteiger partial charge in [-0.15, -0.1) is 0 Å². The van der Waals surface area contributed by atoms with Crippen molar-refractivity contribution in [3.8, 4) is 5.75 Å². The van der Waals surface area contributed by atoms with E-state index < -0.39 is 0 Å². The molecule has 23 heavy (non-hydrogen) atoms. The number of nitrogens with one attached hydrogen (secondary N) is 1. The highest BCUT2D eigenvalue weighted by atomic mass is 16.5. The summed E-state index contributed by atoms with van der Waals surface area (Å²) in [7, 11) is 0. The molecule has 0 unspecified atom stereocenters. The standard InChI is InChI=1S/C19H30N2O2/c1-16(2)22-13-5-10-21-11-8-19(9-12-21)15-20-14-17-6-3-4-7-18(17)23-19/h3-4,6-7,16,20H,5,8-15H2,1-2H3. The second-order valence-corrected chi connectivity index (χ2v) is 7.11. The monoisotopic (exact) mass is 318 g/mol. The fraction of sp³-hybridized carbons (Fsp3) is 0.684.